The van der Waals surface area contributed by atoms with E-state index in [-0.39, 0.29) is 13.0 Å². The molecule has 0 aliphatic carbocycles. The summed E-state index contributed by atoms with van der Waals surface area (Å²) in [7, 11) is 0. The van der Waals surface area contributed by atoms with Gasteiger partial charge in [0.25, 0.3) is 0 Å². The minimum Gasteiger partial charge on any atom is -0.481 e. The van der Waals surface area contributed by atoms with E-state index in [0.29, 0.717) is 6.54 Å². The number of amides is 2. The summed E-state index contributed by atoms with van der Waals surface area (Å²) in [5.74, 6) is -0.937. The van der Waals surface area contributed by atoms with E-state index in [1.54, 1.807) is 0 Å². The number of carboxylic acid groups (broad SMARTS) is 1. The summed E-state index contributed by atoms with van der Waals surface area (Å²) in [6, 6.07) is 15.6. The van der Waals surface area contributed by atoms with Crippen molar-refractivity contribution in [3.05, 3.63) is 59.7 Å². The summed E-state index contributed by atoms with van der Waals surface area (Å²) in [5.41, 5.74) is 4.34. The van der Waals surface area contributed by atoms with Gasteiger partial charge in [0, 0.05) is 31.0 Å². The highest BCUT2D eigenvalue weighted by molar-refractivity contribution is 5.90. The van der Waals surface area contributed by atoms with E-state index in [1.165, 1.54) is 11.3 Å². The fraction of sp³-hybridized carbons (Fsp3) is 0.263. The highest BCUT2D eigenvalue weighted by Gasteiger charge is 2.19. The van der Waals surface area contributed by atoms with E-state index in [0.717, 1.165) is 24.2 Å². The van der Waals surface area contributed by atoms with Gasteiger partial charge in [0.2, 0.25) is 0 Å². The summed E-state index contributed by atoms with van der Waals surface area (Å²) in [6.45, 7) is 1.77. The van der Waals surface area contributed by atoms with E-state index < -0.39 is 12.0 Å². The fourth-order valence-electron chi connectivity index (χ4n) is 3.01. The molecule has 0 fully saturated rings. The zero-order valence-electron chi connectivity index (χ0n) is 13.9. The number of hydrogen-bond donors (Lipinski definition) is 3. The molecule has 0 spiro atoms. The minimum atomic E-state index is -0.937. The molecule has 0 bridgehead atoms. The molecule has 2 aromatic rings. The first-order valence-electron chi connectivity index (χ1n) is 8.31. The van der Waals surface area contributed by atoms with E-state index in [4.69, 9.17) is 5.11 Å². The maximum Gasteiger partial charge on any atom is 0.319 e. The van der Waals surface area contributed by atoms with E-state index >= 15 is 0 Å². The maximum absolute atomic E-state index is 12.0. The average molecular weight is 339 g/mol. The van der Waals surface area contributed by atoms with Crippen LogP contribution < -0.4 is 15.5 Å². The first kappa shape index (κ1) is 16.8. The summed E-state index contributed by atoms with van der Waals surface area (Å²) >= 11 is 0. The van der Waals surface area contributed by atoms with Crippen molar-refractivity contribution in [1.29, 1.82) is 0 Å². The third-order valence-electron chi connectivity index (χ3n) is 4.23. The van der Waals surface area contributed by atoms with Crippen LogP contribution in [0, 0.1) is 0 Å². The van der Waals surface area contributed by atoms with Crippen LogP contribution in [0.4, 0.5) is 16.2 Å². The van der Waals surface area contributed by atoms with Crippen molar-refractivity contribution in [3.63, 3.8) is 0 Å². The van der Waals surface area contributed by atoms with Gasteiger partial charge in [-0.15, -0.1) is 0 Å². The smallest absolute Gasteiger partial charge is 0.319 e. The Kier molecular flexibility index (Phi) is 5.18. The molecule has 0 atom stereocenters. The Morgan fingerprint density at radius 3 is 2.68 bits per heavy atom. The predicted molar refractivity (Wildman–Crippen MR) is 96.9 cm³/mol. The molecule has 0 saturated heterocycles. The van der Waals surface area contributed by atoms with Crippen molar-refractivity contribution in [2.24, 2.45) is 0 Å². The number of rotatable bonds is 6. The van der Waals surface area contributed by atoms with Gasteiger partial charge >= 0.3 is 12.0 Å². The number of benzene rings is 2. The highest BCUT2D eigenvalue weighted by Crippen LogP contribution is 2.30. The molecular weight excluding hydrogens is 318 g/mol. The van der Waals surface area contributed by atoms with E-state index in [1.807, 2.05) is 30.3 Å². The minimum absolute atomic E-state index is 0.0976. The first-order chi connectivity index (χ1) is 12.1. The number of anilines is 2. The number of urea groups is 1. The molecule has 25 heavy (non-hydrogen) atoms. The quantitative estimate of drug-likeness (QED) is 0.756. The average Bonchev–Trinajstić information content (AvgIpc) is 2.99. The molecular formula is C19H21N3O3. The van der Waals surface area contributed by atoms with Crippen LogP contribution in [-0.2, 0) is 17.8 Å². The Hall–Kier alpha value is -3.02. The summed E-state index contributed by atoms with van der Waals surface area (Å²) in [6.07, 6.45) is 0.932. The lowest BCUT2D eigenvalue weighted by atomic mass is 10.1. The summed E-state index contributed by atoms with van der Waals surface area (Å²) in [5, 5.41) is 14.0. The van der Waals surface area contributed by atoms with Gasteiger partial charge in [0.05, 0.1) is 6.42 Å². The van der Waals surface area contributed by atoms with Crippen LogP contribution >= 0.6 is 0 Å². The van der Waals surface area contributed by atoms with Crippen molar-refractivity contribution in [3.8, 4) is 0 Å². The second-order valence-electron chi connectivity index (χ2n) is 5.98. The highest BCUT2D eigenvalue weighted by atomic mass is 16.4. The number of hydrogen-bond acceptors (Lipinski definition) is 3. The van der Waals surface area contributed by atoms with Gasteiger partial charge in [0.15, 0.2) is 0 Å². The van der Waals surface area contributed by atoms with Crippen LogP contribution in [0.3, 0.4) is 0 Å². The predicted octanol–water partition coefficient (Wildman–Crippen LogP) is 2.85. The van der Waals surface area contributed by atoms with Crippen LogP contribution in [-0.4, -0.2) is 30.2 Å². The number of para-hydroxylation sites is 2. The van der Waals surface area contributed by atoms with Gasteiger partial charge in [0.1, 0.15) is 0 Å². The van der Waals surface area contributed by atoms with Gasteiger partial charge in [-0.25, -0.2) is 4.79 Å². The molecule has 2 aromatic carbocycles. The standard InChI is InChI=1S/C19H21N3O3/c23-18(24)9-11-20-19(25)21-16-7-3-1-6-15(16)13-22-12-10-14-5-2-4-8-17(14)22/h1-8H,9-13H2,(H,23,24)(H2,20,21,25). The Labute approximate surface area is 146 Å². The molecule has 3 rings (SSSR count). The molecule has 0 aromatic heterocycles. The fourth-order valence-corrected chi connectivity index (χ4v) is 3.01. The molecule has 130 valence electrons. The zero-order valence-corrected chi connectivity index (χ0v) is 13.9. The number of carboxylic acids is 1. The molecule has 1 aliphatic heterocycles. The van der Waals surface area contributed by atoms with Gasteiger partial charge in [-0.2, -0.15) is 0 Å². The van der Waals surface area contributed by atoms with Gasteiger partial charge < -0.3 is 20.6 Å². The molecule has 0 radical (unpaired) electrons. The SMILES string of the molecule is O=C(O)CCNC(=O)Nc1ccccc1CN1CCc2ccccc21. The van der Waals surface area contributed by atoms with Crippen molar-refractivity contribution in [1.82, 2.24) is 5.32 Å². The van der Waals surface area contributed by atoms with Crippen molar-refractivity contribution >= 4 is 23.4 Å². The lowest BCUT2D eigenvalue weighted by Crippen LogP contribution is -2.31. The number of nitrogens with one attached hydrogen (secondary N) is 2. The zero-order chi connectivity index (χ0) is 17.6. The summed E-state index contributed by atoms with van der Waals surface area (Å²) in [4.78, 5) is 24.8. The van der Waals surface area contributed by atoms with Gasteiger partial charge in [-0.05, 0) is 29.7 Å². The lowest BCUT2D eigenvalue weighted by molar-refractivity contribution is -0.136. The molecule has 2 amide bonds. The molecule has 6 heteroatoms. The Bertz CT molecular complexity index is 776. The van der Waals surface area contributed by atoms with Crippen LogP contribution in [0.5, 0.6) is 0 Å². The first-order valence-corrected chi connectivity index (χ1v) is 8.31. The van der Waals surface area contributed by atoms with Gasteiger partial charge in [-0.1, -0.05) is 36.4 Å². The molecule has 0 saturated carbocycles. The second-order valence-corrected chi connectivity index (χ2v) is 5.98. The Balaban J connectivity index is 1.65. The van der Waals surface area contributed by atoms with Crippen LogP contribution in [0.25, 0.3) is 0 Å². The Morgan fingerprint density at radius 1 is 1.08 bits per heavy atom. The topological polar surface area (TPSA) is 81.7 Å². The van der Waals surface area contributed by atoms with Crippen LogP contribution in [0.1, 0.15) is 17.5 Å². The van der Waals surface area contributed by atoms with Crippen molar-refractivity contribution in [2.45, 2.75) is 19.4 Å². The second kappa shape index (κ2) is 7.70. The number of carbonyl (C=O) groups excluding carboxylic acids is 1. The molecule has 3 N–H and O–H groups in total. The van der Waals surface area contributed by atoms with Crippen molar-refractivity contribution < 1.29 is 14.7 Å². The maximum atomic E-state index is 12.0. The monoisotopic (exact) mass is 339 g/mol. The van der Waals surface area contributed by atoms with Crippen LogP contribution in [0.15, 0.2) is 48.5 Å². The normalized spacial score (nSPS) is 12.6. The molecule has 1 aliphatic rings. The molecule has 1 heterocycles. The number of nitrogens with zero attached hydrogens (tertiary/aromatic N) is 1. The van der Waals surface area contributed by atoms with Crippen LogP contribution in [0.2, 0.25) is 0 Å². The molecule has 0 unspecified atom stereocenters. The summed E-state index contributed by atoms with van der Waals surface area (Å²) < 4.78 is 0. The lowest BCUT2D eigenvalue weighted by Gasteiger charge is -2.21. The Morgan fingerprint density at radius 2 is 1.84 bits per heavy atom. The molecule has 6 nitrogen and oxygen atoms in total. The number of aliphatic carboxylic acids is 1. The van der Waals surface area contributed by atoms with E-state index in [9.17, 15) is 9.59 Å². The third kappa shape index (κ3) is 4.29. The largest absolute Gasteiger partial charge is 0.481 e. The number of carbonyl (C=O) groups is 2. The third-order valence-corrected chi connectivity index (χ3v) is 4.23. The van der Waals surface area contributed by atoms with Crippen molar-refractivity contribution in [2.75, 3.05) is 23.3 Å². The van der Waals surface area contributed by atoms with E-state index in [2.05, 4.69) is 33.7 Å². The number of fused-ring (bicyclic) bond motifs is 1. The van der Waals surface area contributed by atoms with Gasteiger partial charge in [-0.3, -0.25) is 4.79 Å².